The highest BCUT2D eigenvalue weighted by atomic mass is 16.6. The average Bonchev–Trinajstić information content (AvgIpc) is 2.39. The highest BCUT2D eigenvalue weighted by molar-refractivity contribution is 5.75. The van der Waals surface area contributed by atoms with E-state index in [4.69, 9.17) is 4.74 Å². The van der Waals surface area contributed by atoms with Crippen molar-refractivity contribution in [2.45, 2.75) is 0 Å². The molecule has 0 amide bonds. The fourth-order valence-electron chi connectivity index (χ4n) is 1.88. The molecule has 0 saturated carbocycles. The lowest BCUT2D eigenvalue weighted by Gasteiger charge is -2.27. The molecule has 7 heteroatoms. The van der Waals surface area contributed by atoms with E-state index in [-0.39, 0.29) is 10.6 Å². The zero-order chi connectivity index (χ0) is 13.0. The van der Waals surface area contributed by atoms with Gasteiger partial charge >= 0.3 is 5.69 Å². The van der Waals surface area contributed by atoms with Crippen LogP contribution in [-0.2, 0) is 4.74 Å². The van der Waals surface area contributed by atoms with Gasteiger partial charge in [0.1, 0.15) is 11.4 Å². The first-order valence-electron chi connectivity index (χ1n) is 5.77. The van der Waals surface area contributed by atoms with Crippen molar-refractivity contribution in [2.75, 3.05) is 44.1 Å². The lowest BCUT2D eigenvalue weighted by molar-refractivity contribution is -0.383. The number of hydrogen-bond acceptors (Lipinski definition) is 6. The van der Waals surface area contributed by atoms with Crippen LogP contribution in [0, 0.1) is 10.1 Å². The molecule has 0 radical (unpaired) electrons. The van der Waals surface area contributed by atoms with Gasteiger partial charge in [0, 0.05) is 20.1 Å². The number of ether oxygens (including phenoxy) is 1. The molecule has 1 aliphatic heterocycles. The van der Waals surface area contributed by atoms with E-state index in [0.717, 1.165) is 0 Å². The van der Waals surface area contributed by atoms with E-state index >= 15 is 0 Å². The minimum Gasteiger partial charge on any atom is -0.382 e. The third-order valence-corrected chi connectivity index (χ3v) is 2.78. The Kier molecular flexibility index (Phi) is 3.96. The molecule has 0 spiro atoms. The number of hydrogen-bond donors (Lipinski definition) is 2. The first kappa shape index (κ1) is 12.6. The van der Waals surface area contributed by atoms with Gasteiger partial charge in [0.2, 0.25) is 0 Å². The molecule has 0 unspecified atom stereocenters. The molecule has 0 aromatic heterocycles. The van der Waals surface area contributed by atoms with Crippen molar-refractivity contribution >= 4 is 17.1 Å². The van der Waals surface area contributed by atoms with Gasteiger partial charge in [0.25, 0.3) is 0 Å². The molecule has 18 heavy (non-hydrogen) atoms. The van der Waals surface area contributed by atoms with Crippen LogP contribution in [0.3, 0.4) is 0 Å². The Hall–Kier alpha value is -1.86. The highest BCUT2D eigenvalue weighted by Crippen LogP contribution is 2.32. The highest BCUT2D eigenvalue weighted by Gasteiger charge is 2.21. The molecular formula is C11H16N4O3. The number of hydrazine groups is 1. The van der Waals surface area contributed by atoms with Gasteiger partial charge in [-0.2, -0.15) is 0 Å². The maximum atomic E-state index is 11.1. The van der Waals surface area contributed by atoms with Crippen molar-refractivity contribution in [1.29, 1.82) is 0 Å². The van der Waals surface area contributed by atoms with Crippen LogP contribution in [-0.4, -0.2) is 43.3 Å². The summed E-state index contributed by atoms with van der Waals surface area (Å²) in [6.07, 6.45) is 0. The normalized spacial score (nSPS) is 16.3. The van der Waals surface area contributed by atoms with Crippen LogP contribution in [0.25, 0.3) is 0 Å². The molecule has 1 aromatic rings. The minimum atomic E-state index is -0.380. The van der Waals surface area contributed by atoms with Gasteiger partial charge < -0.3 is 15.5 Å². The quantitative estimate of drug-likeness (QED) is 0.621. The molecule has 0 bridgehead atoms. The monoisotopic (exact) mass is 252 g/mol. The largest absolute Gasteiger partial charge is 0.382 e. The predicted molar refractivity (Wildman–Crippen MR) is 68.7 cm³/mol. The Balaban J connectivity index is 2.23. The summed E-state index contributed by atoms with van der Waals surface area (Å²) in [5.41, 5.74) is 4.13. The maximum Gasteiger partial charge on any atom is 0.316 e. The van der Waals surface area contributed by atoms with Crippen LogP contribution in [0.2, 0.25) is 0 Å². The average molecular weight is 252 g/mol. The number of nitro benzene ring substituents is 1. The molecule has 1 heterocycles. The Morgan fingerprint density at radius 2 is 2.00 bits per heavy atom. The maximum absolute atomic E-state index is 11.1. The van der Waals surface area contributed by atoms with Gasteiger partial charge in [-0.1, -0.05) is 6.07 Å². The van der Waals surface area contributed by atoms with Crippen LogP contribution in [0.4, 0.5) is 17.1 Å². The van der Waals surface area contributed by atoms with Gasteiger partial charge in [-0.3, -0.25) is 10.1 Å². The number of morpholine rings is 1. The molecule has 7 nitrogen and oxygen atoms in total. The van der Waals surface area contributed by atoms with E-state index in [1.54, 1.807) is 25.2 Å². The van der Waals surface area contributed by atoms with Crippen molar-refractivity contribution in [3.05, 3.63) is 28.3 Å². The van der Waals surface area contributed by atoms with Crippen LogP contribution in [0.15, 0.2) is 18.2 Å². The van der Waals surface area contributed by atoms with E-state index in [2.05, 4.69) is 10.7 Å². The predicted octanol–water partition coefficient (Wildman–Crippen LogP) is 1.30. The Bertz CT molecular complexity index is 432. The Labute approximate surface area is 105 Å². The first-order valence-corrected chi connectivity index (χ1v) is 5.77. The Morgan fingerprint density at radius 1 is 1.33 bits per heavy atom. The van der Waals surface area contributed by atoms with E-state index in [0.29, 0.717) is 37.7 Å². The number of nitrogens with one attached hydrogen (secondary N) is 2. The molecular weight excluding hydrogens is 236 g/mol. The topological polar surface area (TPSA) is 79.7 Å². The molecule has 1 fully saturated rings. The number of nitro groups is 1. The number of anilines is 2. The summed E-state index contributed by atoms with van der Waals surface area (Å²) in [6.45, 7) is 2.68. The summed E-state index contributed by atoms with van der Waals surface area (Å²) in [6, 6.07) is 5.17. The standard InChI is InChI=1S/C11H16N4O3/c1-12-9-3-2-4-10(11(9)15(16)17)13-14-5-7-18-8-6-14/h2-4,12-13H,5-8H2,1H3. The molecule has 0 aliphatic carbocycles. The summed E-state index contributed by atoms with van der Waals surface area (Å²) >= 11 is 0. The molecule has 1 saturated heterocycles. The molecule has 2 N–H and O–H groups in total. The van der Waals surface area contributed by atoms with E-state index in [1.807, 2.05) is 5.01 Å². The summed E-state index contributed by atoms with van der Waals surface area (Å²) in [4.78, 5) is 10.7. The number of rotatable bonds is 4. The van der Waals surface area contributed by atoms with Gasteiger partial charge in [-0.25, -0.2) is 5.01 Å². The zero-order valence-electron chi connectivity index (χ0n) is 10.2. The number of para-hydroxylation sites is 1. The molecule has 0 atom stereocenters. The molecule has 1 aliphatic rings. The molecule has 98 valence electrons. The Morgan fingerprint density at radius 3 is 2.61 bits per heavy atom. The smallest absolute Gasteiger partial charge is 0.316 e. The second-order valence-corrected chi connectivity index (χ2v) is 3.92. The summed E-state index contributed by atoms with van der Waals surface area (Å²) in [5.74, 6) is 0. The molecule has 2 rings (SSSR count). The van der Waals surface area contributed by atoms with E-state index < -0.39 is 0 Å². The number of nitrogens with zero attached hydrogens (tertiary/aromatic N) is 2. The third-order valence-electron chi connectivity index (χ3n) is 2.78. The second kappa shape index (κ2) is 5.65. The van der Waals surface area contributed by atoms with Crippen LogP contribution in [0.1, 0.15) is 0 Å². The van der Waals surface area contributed by atoms with Crippen molar-refractivity contribution < 1.29 is 9.66 Å². The summed E-state index contributed by atoms with van der Waals surface area (Å²) < 4.78 is 5.23. The lowest BCUT2D eigenvalue weighted by atomic mass is 10.2. The zero-order valence-corrected chi connectivity index (χ0v) is 10.2. The van der Waals surface area contributed by atoms with E-state index in [1.165, 1.54) is 0 Å². The van der Waals surface area contributed by atoms with Gasteiger partial charge in [-0.05, 0) is 12.1 Å². The number of benzene rings is 1. The van der Waals surface area contributed by atoms with Gasteiger partial charge in [-0.15, -0.1) is 0 Å². The minimum absolute atomic E-state index is 0.0616. The third kappa shape index (κ3) is 2.69. The van der Waals surface area contributed by atoms with E-state index in [9.17, 15) is 10.1 Å². The fraction of sp³-hybridized carbons (Fsp3) is 0.455. The van der Waals surface area contributed by atoms with Crippen LogP contribution >= 0.6 is 0 Å². The van der Waals surface area contributed by atoms with Crippen molar-refractivity contribution in [3.63, 3.8) is 0 Å². The first-order chi connectivity index (χ1) is 8.72. The molecule has 1 aromatic carbocycles. The van der Waals surface area contributed by atoms with Crippen molar-refractivity contribution in [1.82, 2.24) is 5.01 Å². The second-order valence-electron chi connectivity index (χ2n) is 3.92. The van der Waals surface area contributed by atoms with Gasteiger partial charge in [0.15, 0.2) is 0 Å². The summed E-state index contributed by atoms with van der Waals surface area (Å²) in [7, 11) is 1.67. The SMILES string of the molecule is CNc1cccc(NN2CCOCC2)c1[N+](=O)[O-]. The summed E-state index contributed by atoms with van der Waals surface area (Å²) in [5, 5.41) is 15.9. The van der Waals surface area contributed by atoms with Crippen molar-refractivity contribution in [3.8, 4) is 0 Å². The van der Waals surface area contributed by atoms with Gasteiger partial charge in [0.05, 0.1) is 18.1 Å². The van der Waals surface area contributed by atoms with Crippen LogP contribution < -0.4 is 10.7 Å². The lowest BCUT2D eigenvalue weighted by Crippen LogP contribution is -2.40. The fourth-order valence-corrected chi connectivity index (χ4v) is 1.88. The van der Waals surface area contributed by atoms with Crippen LogP contribution in [0.5, 0.6) is 0 Å². The van der Waals surface area contributed by atoms with Crippen molar-refractivity contribution in [2.24, 2.45) is 0 Å².